The second-order valence-electron chi connectivity index (χ2n) is 8.00. The predicted octanol–water partition coefficient (Wildman–Crippen LogP) is 6.28. The van der Waals surface area contributed by atoms with Gasteiger partial charge in [-0.15, -0.1) is 0 Å². The molecule has 2 heterocycles. The van der Waals surface area contributed by atoms with Crippen molar-refractivity contribution in [3.8, 4) is 11.3 Å². The molecule has 0 spiro atoms. The van der Waals surface area contributed by atoms with E-state index in [1.54, 1.807) is 0 Å². The number of fused-ring (bicyclic) bond motifs is 1. The van der Waals surface area contributed by atoms with Gasteiger partial charge in [0.25, 0.3) is 0 Å². The predicted molar refractivity (Wildman–Crippen MR) is 129 cm³/mol. The van der Waals surface area contributed by atoms with Crippen LogP contribution in [0.4, 0.5) is 0 Å². The molecular formula is C28H25N3. The van der Waals surface area contributed by atoms with Crippen LogP contribution in [0.25, 0.3) is 11.3 Å². The molecule has 0 fully saturated rings. The van der Waals surface area contributed by atoms with E-state index in [1.165, 1.54) is 33.6 Å². The normalized spacial score (nSPS) is 13.2. The lowest BCUT2D eigenvalue weighted by Crippen LogP contribution is -2.07. The van der Waals surface area contributed by atoms with Crippen LogP contribution in [0.2, 0.25) is 0 Å². The minimum absolute atomic E-state index is 0.757. The van der Waals surface area contributed by atoms with Crippen molar-refractivity contribution in [3.63, 3.8) is 0 Å². The second-order valence-corrected chi connectivity index (χ2v) is 8.00. The average Bonchev–Trinajstić information content (AvgIpc) is 2.96. The lowest BCUT2D eigenvalue weighted by molar-refractivity contribution is 0.782. The minimum Gasteiger partial charge on any atom is -0.340 e. The Labute approximate surface area is 183 Å². The third kappa shape index (κ3) is 3.64. The zero-order chi connectivity index (χ0) is 21.2. The Hall–Kier alpha value is -3.72. The standard InChI is InChI=1S/C28H25N3/c1-20-27-21(2)31(19-22-12-6-3-7-13-22)28(24-16-10-5-11-17-24)25(27)18-26(30-29-20)23-14-8-4-9-15-23/h3-17H,18-19H2,1-2H3. The lowest BCUT2D eigenvalue weighted by atomic mass is 9.95. The van der Waals surface area contributed by atoms with E-state index in [9.17, 15) is 0 Å². The molecule has 31 heavy (non-hydrogen) atoms. The second kappa shape index (κ2) is 8.19. The van der Waals surface area contributed by atoms with E-state index in [-0.39, 0.29) is 0 Å². The summed E-state index contributed by atoms with van der Waals surface area (Å²) in [4.78, 5) is 0. The molecule has 0 saturated heterocycles. The van der Waals surface area contributed by atoms with Crippen LogP contribution in [0, 0.1) is 6.92 Å². The smallest absolute Gasteiger partial charge is 0.0747 e. The highest BCUT2D eigenvalue weighted by Crippen LogP contribution is 2.35. The number of hydrogen-bond acceptors (Lipinski definition) is 2. The van der Waals surface area contributed by atoms with Gasteiger partial charge in [0.15, 0.2) is 0 Å². The maximum atomic E-state index is 4.65. The van der Waals surface area contributed by atoms with Gasteiger partial charge < -0.3 is 4.57 Å². The number of benzene rings is 3. The highest BCUT2D eigenvalue weighted by Gasteiger charge is 2.26. The van der Waals surface area contributed by atoms with Crippen LogP contribution in [0.1, 0.15) is 34.9 Å². The molecular weight excluding hydrogens is 378 g/mol. The van der Waals surface area contributed by atoms with Gasteiger partial charge in [0.2, 0.25) is 0 Å². The summed E-state index contributed by atoms with van der Waals surface area (Å²) in [5.41, 5.74) is 10.7. The Kier molecular flexibility index (Phi) is 5.09. The molecule has 1 aromatic heterocycles. The third-order valence-electron chi connectivity index (χ3n) is 5.99. The summed E-state index contributed by atoms with van der Waals surface area (Å²) in [5.74, 6) is 0. The monoisotopic (exact) mass is 403 g/mol. The van der Waals surface area contributed by atoms with E-state index in [0.29, 0.717) is 0 Å². The van der Waals surface area contributed by atoms with Gasteiger partial charge in [-0.3, -0.25) is 0 Å². The summed E-state index contributed by atoms with van der Waals surface area (Å²) in [6.45, 7) is 5.11. The lowest BCUT2D eigenvalue weighted by Gasteiger charge is -2.14. The van der Waals surface area contributed by atoms with Gasteiger partial charge in [-0.1, -0.05) is 91.0 Å². The summed E-state index contributed by atoms with van der Waals surface area (Å²) in [6.07, 6.45) is 0.757. The first-order valence-corrected chi connectivity index (χ1v) is 10.7. The van der Waals surface area contributed by atoms with Crippen LogP contribution in [0.3, 0.4) is 0 Å². The largest absolute Gasteiger partial charge is 0.340 e. The Bertz CT molecular complexity index is 1260. The van der Waals surface area contributed by atoms with E-state index in [0.717, 1.165) is 30.0 Å². The fourth-order valence-electron chi connectivity index (χ4n) is 4.52. The Morgan fingerprint density at radius 1 is 0.710 bits per heavy atom. The molecule has 0 bridgehead atoms. The van der Waals surface area contributed by atoms with E-state index in [4.69, 9.17) is 0 Å². The number of nitrogens with zero attached hydrogens (tertiary/aromatic N) is 3. The molecule has 3 nitrogen and oxygen atoms in total. The molecule has 0 amide bonds. The first-order chi connectivity index (χ1) is 15.2. The summed E-state index contributed by atoms with van der Waals surface area (Å²) in [6, 6.07) is 31.8. The highest BCUT2D eigenvalue weighted by molar-refractivity contribution is 6.10. The topological polar surface area (TPSA) is 29.6 Å². The summed E-state index contributed by atoms with van der Waals surface area (Å²) in [7, 11) is 0. The molecule has 1 aliphatic rings. The Morgan fingerprint density at radius 3 is 1.94 bits per heavy atom. The van der Waals surface area contributed by atoms with Crippen molar-refractivity contribution in [1.29, 1.82) is 0 Å². The number of hydrogen-bond donors (Lipinski definition) is 0. The molecule has 0 radical (unpaired) electrons. The molecule has 0 aliphatic carbocycles. The van der Waals surface area contributed by atoms with Crippen LogP contribution in [0.15, 0.2) is 101 Å². The average molecular weight is 404 g/mol. The van der Waals surface area contributed by atoms with Crippen molar-refractivity contribution >= 4 is 11.4 Å². The van der Waals surface area contributed by atoms with Crippen molar-refractivity contribution in [1.82, 2.24) is 4.57 Å². The summed E-state index contributed by atoms with van der Waals surface area (Å²) >= 11 is 0. The van der Waals surface area contributed by atoms with Gasteiger partial charge >= 0.3 is 0 Å². The first kappa shape index (κ1) is 19.3. The maximum absolute atomic E-state index is 4.65. The van der Waals surface area contributed by atoms with Crippen molar-refractivity contribution in [3.05, 3.63) is 119 Å². The molecule has 5 rings (SSSR count). The van der Waals surface area contributed by atoms with Gasteiger partial charge in [0.05, 0.1) is 17.1 Å². The summed E-state index contributed by atoms with van der Waals surface area (Å²) < 4.78 is 2.45. The highest BCUT2D eigenvalue weighted by atomic mass is 15.2. The van der Waals surface area contributed by atoms with E-state index in [2.05, 4.69) is 114 Å². The van der Waals surface area contributed by atoms with Gasteiger partial charge in [-0.05, 0) is 36.1 Å². The Morgan fingerprint density at radius 2 is 1.29 bits per heavy atom. The van der Waals surface area contributed by atoms with Gasteiger partial charge in [-0.25, -0.2) is 0 Å². The molecule has 0 N–H and O–H groups in total. The number of aromatic nitrogens is 1. The van der Waals surface area contributed by atoms with Gasteiger partial charge in [0.1, 0.15) is 0 Å². The molecule has 0 saturated carbocycles. The van der Waals surface area contributed by atoms with Gasteiger partial charge in [0, 0.05) is 24.2 Å². The fourth-order valence-corrected chi connectivity index (χ4v) is 4.52. The van der Waals surface area contributed by atoms with E-state index >= 15 is 0 Å². The van der Waals surface area contributed by atoms with Crippen molar-refractivity contribution in [2.75, 3.05) is 0 Å². The maximum Gasteiger partial charge on any atom is 0.0747 e. The van der Waals surface area contributed by atoms with Crippen molar-refractivity contribution < 1.29 is 0 Å². The minimum atomic E-state index is 0.757. The molecule has 4 aromatic rings. The quantitative estimate of drug-likeness (QED) is 0.384. The molecule has 3 heteroatoms. The number of rotatable bonds is 4. The SMILES string of the molecule is CC1=NN=C(c2ccccc2)Cc2c1c(C)n(Cc1ccccc1)c2-c1ccccc1. The van der Waals surface area contributed by atoms with Crippen LogP contribution < -0.4 is 0 Å². The first-order valence-electron chi connectivity index (χ1n) is 10.7. The van der Waals surface area contributed by atoms with Crippen LogP contribution >= 0.6 is 0 Å². The summed E-state index contributed by atoms with van der Waals surface area (Å²) in [5, 5.41) is 9.28. The molecule has 152 valence electrons. The molecule has 1 aliphatic heterocycles. The Balaban J connectivity index is 1.72. The molecule has 0 unspecified atom stereocenters. The zero-order valence-electron chi connectivity index (χ0n) is 17.9. The van der Waals surface area contributed by atoms with E-state index < -0.39 is 0 Å². The molecule has 0 atom stereocenters. The van der Waals surface area contributed by atoms with Crippen molar-refractivity contribution in [2.24, 2.45) is 10.2 Å². The fraction of sp³-hybridized carbons (Fsp3) is 0.143. The van der Waals surface area contributed by atoms with Crippen LogP contribution in [0.5, 0.6) is 0 Å². The zero-order valence-corrected chi connectivity index (χ0v) is 17.9. The molecule has 3 aromatic carbocycles. The van der Waals surface area contributed by atoms with Gasteiger partial charge in [-0.2, -0.15) is 10.2 Å². The van der Waals surface area contributed by atoms with E-state index in [1.807, 2.05) is 6.07 Å². The van der Waals surface area contributed by atoms with Crippen molar-refractivity contribution in [2.45, 2.75) is 26.8 Å². The third-order valence-corrected chi connectivity index (χ3v) is 5.99. The van der Waals surface area contributed by atoms with Crippen LogP contribution in [-0.4, -0.2) is 16.0 Å². The van der Waals surface area contributed by atoms with Crippen LogP contribution in [-0.2, 0) is 13.0 Å².